The fraction of sp³-hybridized carbons (Fsp3) is 0.222. The number of aromatic nitrogens is 4. The van der Waals surface area contributed by atoms with Gasteiger partial charge in [0.1, 0.15) is 11.6 Å². The smallest absolute Gasteiger partial charge is 0.337 e. The molecule has 6 rings (SSSR count). The van der Waals surface area contributed by atoms with Gasteiger partial charge in [0.25, 0.3) is 0 Å². The number of fused-ring (bicyclic) bond motifs is 2. The van der Waals surface area contributed by atoms with Crippen LogP contribution < -0.4 is 11.1 Å². The van der Waals surface area contributed by atoms with Crippen molar-refractivity contribution >= 4 is 61.0 Å². The van der Waals surface area contributed by atoms with Crippen LogP contribution in [0.5, 0.6) is 0 Å². The van der Waals surface area contributed by atoms with Crippen molar-refractivity contribution in [3.63, 3.8) is 0 Å². The highest BCUT2D eigenvalue weighted by atomic mass is 79.9. The lowest BCUT2D eigenvalue weighted by Gasteiger charge is -2.09. The number of carbonyl (C=O) groups excluding carboxylic acids is 2. The van der Waals surface area contributed by atoms with Crippen LogP contribution in [0.2, 0.25) is 0 Å². The van der Waals surface area contributed by atoms with E-state index < -0.39 is 23.6 Å². The molecule has 0 fully saturated rings. The number of carbonyl (C=O) groups is 2. The molecule has 2 aromatic heterocycles. The van der Waals surface area contributed by atoms with Gasteiger partial charge in [0.05, 0.1) is 48.8 Å². The average molecular weight is 736 g/mol. The number of ether oxygens (including phenoxy) is 2. The molecule has 0 aliphatic rings. The van der Waals surface area contributed by atoms with E-state index in [0.717, 1.165) is 46.3 Å². The van der Waals surface area contributed by atoms with Gasteiger partial charge in [-0.25, -0.2) is 18.4 Å². The summed E-state index contributed by atoms with van der Waals surface area (Å²) in [7, 11) is 2.53. The second kappa shape index (κ2) is 17.2. The first-order chi connectivity index (χ1) is 23.6. The van der Waals surface area contributed by atoms with Crippen LogP contribution in [-0.4, -0.2) is 45.7 Å². The number of nitrogens with one attached hydrogen (secondary N) is 1. The zero-order valence-electron chi connectivity index (χ0n) is 27.5. The van der Waals surface area contributed by atoms with E-state index in [9.17, 15) is 18.4 Å². The summed E-state index contributed by atoms with van der Waals surface area (Å²) < 4.78 is 40.1. The van der Waals surface area contributed by atoms with E-state index in [1.54, 1.807) is 18.2 Å². The van der Waals surface area contributed by atoms with Gasteiger partial charge in [-0.15, -0.1) is 0 Å². The monoisotopic (exact) mass is 734 g/mol. The third kappa shape index (κ3) is 9.20. The molecule has 10 nitrogen and oxygen atoms in total. The predicted octanol–water partition coefficient (Wildman–Crippen LogP) is 7.74. The molecule has 2 heterocycles. The zero-order valence-corrected chi connectivity index (χ0v) is 29.1. The van der Waals surface area contributed by atoms with Gasteiger partial charge in [-0.3, -0.25) is 9.36 Å². The van der Waals surface area contributed by atoms with Crippen LogP contribution in [0.3, 0.4) is 0 Å². The van der Waals surface area contributed by atoms with E-state index in [0.29, 0.717) is 23.0 Å². The number of nitrogens with zero attached hydrogens (tertiary/aromatic N) is 4. The van der Waals surface area contributed by atoms with Crippen LogP contribution >= 0.6 is 15.9 Å². The largest absolute Gasteiger partial charge is 0.465 e. The normalized spacial score (nSPS) is 10.5. The maximum atomic E-state index is 14.1. The van der Waals surface area contributed by atoms with Crippen molar-refractivity contribution < 1.29 is 27.8 Å². The molecular weight excluding hydrogens is 698 g/mol. The Morgan fingerprint density at radius 2 is 1.27 bits per heavy atom. The summed E-state index contributed by atoms with van der Waals surface area (Å²) in [6.07, 6.45) is 3.69. The van der Waals surface area contributed by atoms with E-state index in [1.165, 1.54) is 32.4 Å². The Morgan fingerprint density at radius 1 is 0.755 bits per heavy atom. The number of nitrogen functional groups attached to an aromatic ring is 1. The lowest BCUT2D eigenvalue weighted by Crippen LogP contribution is -2.06. The van der Waals surface area contributed by atoms with Crippen molar-refractivity contribution in [2.75, 3.05) is 25.3 Å². The molecular formula is C36H37BrF2N6O4. The molecule has 0 saturated heterocycles. The lowest BCUT2D eigenvalue weighted by molar-refractivity contribution is 0.0591. The van der Waals surface area contributed by atoms with E-state index >= 15 is 0 Å². The van der Waals surface area contributed by atoms with Crippen molar-refractivity contribution in [3.8, 4) is 0 Å². The number of nitrogens with two attached hydrogens (primary N) is 1. The first-order valence-corrected chi connectivity index (χ1v) is 16.4. The summed E-state index contributed by atoms with van der Waals surface area (Å²) in [4.78, 5) is 22.4. The van der Waals surface area contributed by atoms with E-state index in [2.05, 4.69) is 47.8 Å². The minimum Gasteiger partial charge on any atom is -0.465 e. The van der Waals surface area contributed by atoms with Crippen LogP contribution in [0.25, 0.3) is 21.8 Å². The van der Waals surface area contributed by atoms with Gasteiger partial charge in [-0.1, -0.05) is 28.1 Å². The fourth-order valence-corrected chi connectivity index (χ4v) is 5.26. The Kier molecular flexibility index (Phi) is 12.8. The number of alkyl halides is 1. The van der Waals surface area contributed by atoms with Crippen LogP contribution in [0.1, 0.15) is 45.7 Å². The molecule has 0 unspecified atom stereocenters. The van der Waals surface area contributed by atoms with Gasteiger partial charge in [-0.2, -0.15) is 10.2 Å². The summed E-state index contributed by atoms with van der Waals surface area (Å²) in [6.45, 7) is 6.09. The summed E-state index contributed by atoms with van der Waals surface area (Å²) >= 11 is 3.13. The molecule has 256 valence electrons. The molecule has 13 heteroatoms. The Bertz CT molecular complexity index is 2060. The molecule has 0 atom stereocenters. The number of rotatable bonds is 8. The first kappa shape index (κ1) is 36.5. The molecule has 4 aromatic carbocycles. The summed E-state index contributed by atoms with van der Waals surface area (Å²) in [6, 6.07) is 20.3. The molecule has 49 heavy (non-hydrogen) atoms. The molecule has 0 spiro atoms. The van der Waals surface area contributed by atoms with Crippen molar-refractivity contribution in [2.45, 2.75) is 38.8 Å². The molecule has 0 amide bonds. The minimum absolute atomic E-state index is 0.201. The SMILES string of the molecule is CCn1ncc2ccc(N)cc21.CCn1ncc2ccc(NCc3ccc(C(=O)OC)cc3F)cc21.COC(=O)c1ccc(CBr)c(F)c1. The quantitative estimate of drug-likeness (QED) is 0.0924. The van der Waals surface area contributed by atoms with Gasteiger partial charge >= 0.3 is 11.9 Å². The fourth-order valence-electron chi connectivity index (χ4n) is 4.81. The van der Waals surface area contributed by atoms with Gasteiger partial charge in [-0.05, 0) is 80.1 Å². The number of halogens is 3. The molecule has 3 N–H and O–H groups in total. The van der Waals surface area contributed by atoms with Crippen LogP contribution in [0, 0.1) is 11.6 Å². The molecule has 0 radical (unpaired) electrons. The number of hydrogen-bond acceptors (Lipinski definition) is 8. The number of methoxy groups -OCH3 is 2. The number of benzene rings is 4. The molecule has 0 saturated carbocycles. The highest BCUT2D eigenvalue weighted by Crippen LogP contribution is 2.21. The maximum Gasteiger partial charge on any atom is 0.337 e. The number of hydrogen-bond donors (Lipinski definition) is 2. The Labute approximate surface area is 290 Å². The number of aryl methyl sites for hydroxylation is 2. The topological polar surface area (TPSA) is 126 Å². The Balaban J connectivity index is 0.000000182. The van der Waals surface area contributed by atoms with E-state index in [-0.39, 0.29) is 11.1 Å². The maximum absolute atomic E-state index is 14.1. The van der Waals surface area contributed by atoms with Crippen molar-refractivity contribution in [3.05, 3.63) is 119 Å². The third-order valence-electron chi connectivity index (χ3n) is 7.49. The predicted molar refractivity (Wildman–Crippen MR) is 191 cm³/mol. The second-order valence-corrected chi connectivity index (χ2v) is 11.2. The second-order valence-electron chi connectivity index (χ2n) is 10.6. The van der Waals surface area contributed by atoms with Gasteiger partial charge in [0.15, 0.2) is 0 Å². The van der Waals surface area contributed by atoms with E-state index in [1.807, 2.05) is 65.1 Å². The van der Waals surface area contributed by atoms with Crippen molar-refractivity contribution in [1.82, 2.24) is 19.6 Å². The Hall–Kier alpha value is -5.30. The number of esters is 2. The summed E-state index contributed by atoms with van der Waals surface area (Å²) in [5, 5.41) is 14.4. The summed E-state index contributed by atoms with van der Waals surface area (Å²) in [5.74, 6) is -1.92. The van der Waals surface area contributed by atoms with Gasteiger partial charge < -0.3 is 20.5 Å². The highest BCUT2D eigenvalue weighted by Gasteiger charge is 2.11. The van der Waals surface area contributed by atoms with Crippen molar-refractivity contribution in [1.29, 1.82) is 0 Å². The van der Waals surface area contributed by atoms with Crippen LogP contribution in [0.4, 0.5) is 20.2 Å². The average Bonchev–Trinajstić information content (AvgIpc) is 3.73. The van der Waals surface area contributed by atoms with Crippen LogP contribution in [0.15, 0.2) is 85.2 Å². The van der Waals surface area contributed by atoms with Crippen LogP contribution in [-0.2, 0) is 34.4 Å². The zero-order chi connectivity index (χ0) is 35.5. The molecule has 0 aliphatic carbocycles. The minimum atomic E-state index is -0.549. The third-order valence-corrected chi connectivity index (χ3v) is 8.09. The first-order valence-electron chi connectivity index (χ1n) is 15.3. The molecule has 0 bridgehead atoms. The molecule has 6 aromatic rings. The Morgan fingerprint density at radius 3 is 1.76 bits per heavy atom. The lowest BCUT2D eigenvalue weighted by atomic mass is 10.1. The van der Waals surface area contributed by atoms with Gasteiger partial charge in [0, 0.05) is 52.7 Å². The van der Waals surface area contributed by atoms with Gasteiger partial charge in [0.2, 0.25) is 0 Å². The highest BCUT2D eigenvalue weighted by molar-refractivity contribution is 9.08. The van der Waals surface area contributed by atoms with Crippen molar-refractivity contribution in [2.24, 2.45) is 0 Å². The molecule has 0 aliphatic heterocycles. The standard InChI is InChI=1S/C18H18FN3O2.C9H8BrFO2.C9H11N3/c1-3-22-17-9-15(7-6-14(17)11-21-22)20-10-13-5-4-12(8-16(13)19)18(23)24-2;1-13-9(12)6-2-3-7(5-10)8(11)4-6;1-2-12-9-5-8(10)4-3-7(9)6-11-12/h4-9,11,20H,3,10H2,1-2H3;2-4H,5H2,1H3;3-6H,2,10H2,1H3. The van der Waals surface area contributed by atoms with E-state index in [4.69, 9.17) is 5.73 Å². The summed E-state index contributed by atoms with van der Waals surface area (Å²) in [5.41, 5.74) is 10.9. The number of anilines is 2.